The Balaban J connectivity index is 1.63. The highest BCUT2D eigenvalue weighted by Crippen LogP contribution is 2.29. The first-order chi connectivity index (χ1) is 11.2. The summed E-state index contributed by atoms with van der Waals surface area (Å²) >= 11 is 0. The van der Waals surface area contributed by atoms with Crippen LogP contribution in [0.4, 0.5) is 11.8 Å². The summed E-state index contributed by atoms with van der Waals surface area (Å²) in [5, 5.41) is 5.15. The molecular weight excluding hydrogens is 290 g/mol. The van der Waals surface area contributed by atoms with E-state index in [0.29, 0.717) is 11.7 Å². The molecule has 4 heterocycles. The van der Waals surface area contributed by atoms with E-state index in [9.17, 15) is 0 Å². The number of nitrogens with zero attached hydrogens (tertiary/aromatic N) is 6. The number of nitrogen functional groups attached to an aromatic ring is 1. The third kappa shape index (κ3) is 2.48. The molecule has 1 fully saturated rings. The molecule has 0 aromatic carbocycles. The van der Waals surface area contributed by atoms with Crippen LogP contribution in [-0.4, -0.2) is 37.8 Å². The third-order valence-corrected chi connectivity index (χ3v) is 4.41. The van der Waals surface area contributed by atoms with E-state index in [-0.39, 0.29) is 0 Å². The van der Waals surface area contributed by atoms with Gasteiger partial charge >= 0.3 is 0 Å². The molecule has 1 aliphatic rings. The number of anilines is 2. The third-order valence-electron chi connectivity index (χ3n) is 4.41. The lowest BCUT2D eigenvalue weighted by Crippen LogP contribution is -2.35. The van der Waals surface area contributed by atoms with Crippen molar-refractivity contribution < 1.29 is 0 Å². The fourth-order valence-electron chi connectivity index (χ4n) is 3.25. The van der Waals surface area contributed by atoms with Gasteiger partial charge in [0.25, 0.3) is 0 Å². The van der Waals surface area contributed by atoms with Crippen molar-refractivity contribution in [3.63, 3.8) is 0 Å². The number of fused-ring (bicyclic) bond motifs is 1. The maximum atomic E-state index is 5.91. The van der Waals surface area contributed by atoms with Crippen molar-refractivity contribution >= 4 is 22.8 Å². The molecule has 2 N–H and O–H groups in total. The minimum Gasteiger partial charge on any atom is -0.382 e. The van der Waals surface area contributed by atoms with Crippen LogP contribution in [0, 0.1) is 0 Å². The van der Waals surface area contributed by atoms with Crippen LogP contribution in [-0.2, 0) is 7.05 Å². The zero-order valence-electron chi connectivity index (χ0n) is 13.1. The van der Waals surface area contributed by atoms with Gasteiger partial charge in [-0.25, -0.2) is 19.6 Å². The van der Waals surface area contributed by atoms with E-state index in [0.717, 1.165) is 48.6 Å². The van der Waals surface area contributed by atoms with Crippen molar-refractivity contribution in [1.29, 1.82) is 0 Å². The number of aromatic nitrogens is 5. The molecule has 7 heteroatoms. The van der Waals surface area contributed by atoms with Gasteiger partial charge in [0, 0.05) is 44.1 Å². The highest BCUT2D eigenvalue weighted by Gasteiger charge is 2.24. The van der Waals surface area contributed by atoms with Crippen LogP contribution in [0.3, 0.4) is 0 Å². The molecular formula is C16H19N7. The van der Waals surface area contributed by atoms with Gasteiger partial charge in [0.1, 0.15) is 0 Å². The minimum absolute atomic E-state index is 0.369. The van der Waals surface area contributed by atoms with Crippen molar-refractivity contribution in [2.24, 2.45) is 7.05 Å². The fourth-order valence-corrected chi connectivity index (χ4v) is 3.25. The van der Waals surface area contributed by atoms with E-state index < -0.39 is 0 Å². The first-order valence-electron chi connectivity index (χ1n) is 7.83. The van der Waals surface area contributed by atoms with E-state index in [1.165, 1.54) is 0 Å². The quantitative estimate of drug-likeness (QED) is 0.776. The van der Waals surface area contributed by atoms with Crippen molar-refractivity contribution in [2.75, 3.05) is 23.7 Å². The minimum atomic E-state index is 0.369. The summed E-state index contributed by atoms with van der Waals surface area (Å²) < 4.78 is 1.75. The van der Waals surface area contributed by atoms with Crippen LogP contribution in [0.15, 0.2) is 30.6 Å². The number of aryl methyl sites for hydroxylation is 1. The highest BCUT2D eigenvalue weighted by molar-refractivity contribution is 5.86. The van der Waals surface area contributed by atoms with Gasteiger partial charge in [0.2, 0.25) is 5.95 Å². The lowest BCUT2D eigenvalue weighted by molar-refractivity contribution is 0.496. The Bertz CT molecular complexity index is 827. The molecule has 0 aliphatic carbocycles. The van der Waals surface area contributed by atoms with Crippen LogP contribution < -0.4 is 10.6 Å². The Labute approximate surface area is 134 Å². The summed E-state index contributed by atoms with van der Waals surface area (Å²) in [6, 6.07) is 5.94. The summed E-state index contributed by atoms with van der Waals surface area (Å²) in [5.41, 5.74) is 7.83. The van der Waals surface area contributed by atoms with Gasteiger partial charge in [-0.2, -0.15) is 5.10 Å². The maximum absolute atomic E-state index is 5.91. The average molecular weight is 309 g/mol. The topological polar surface area (TPSA) is 85.8 Å². The first-order valence-corrected chi connectivity index (χ1v) is 7.83. The SMILES string of the molecule is Cn1nc(N)c2ccc(C3CCCN(c4ncccn4)C3)nc21. The van der Waals surface area contributed by atoms with Crippen molar-refractivity contribution in [3.8, 4) is 0 Å². The van der Waals surface area contributed by atoms with Crippen molar-refractivity contribution in [1.82, 2.24) is 24.7 Å². The van der Waals surface area contributed by atoms with Crippen LogP contribution in [0.2, 0.25) is 0 Å². The summed E-state index contributed by atoms with van der Waals surface area (Å²) in [5.74, 6) is 1.70. The van der Waals surface area contributed by atoms with Gasteiger partial charge in [0.15, 0.2) is 11.5 Å². The molecule has 0 bridgehead atoms. The maximum Gasteiger partial charge on any atom is 0.225 e. The largest absolute Gasteiger partial charge is 0.382 e. The van der Waals surface area contributed by atoms with E-state index in [2.05, 4.69) is 26.0 Å². The standard InChI is InChI=1S/C16H19N7/c1-22-15-12(14(17)21-22)5-6-13(20-15)11-4-2-9-23(10-11)16-18-7-3-8-19-16/h3,5-8,11H,2,4,9-10H2,1H3,(H2,17,21). The Morgan fingerprint density at radius 3 is 2.87 bits per heavy atom. The number of hydrogen-bond acceptors (Lipinski definition) is 6. The highest BCUT2D eigenvalue weighted by atomic mass is 15.3. The summed E-state index contributed by atoms with van der Waals surface area (Å²) in [7, 11) is 1.88. The van der Waals surface area contributed by atoms with Crippen LogP contribution in [0.5, 0.6) is 0 Å². The molecule has 3 aromatic rings. The lowest BCUT2D eigenvalue weighted by atomic mass is 9.94. The molecule has 23 heavy (non-hydrogen) atoms. The normalized spacial score (nSPS) is 18.5. The smallest absolute Gasteiger partial charge is 0.225 e. The van der Waals surface area contributed by atoms with E-state index in [1.807, 2.05) is 19.2 Å². The lowest BCUT2D eigenvalue weighted by Gasteiger charge is -2.32. The van der Waals surface area contributed by atoms with Gasteiger partial charge in [-0.3, -0.25) is 0 Å². The molecule has 1 aliphatic heterocycles. The zero-order chi connectivity index (χ0) is 15.8. The molecule has 118 valence electrons. The number of hydrogen-bond donors (Lipinski definition) is 1. The fraction of sp³-hybridized carbons (Fsp3) is 0.375. The number of nitrogens with two attached hydrogens (primary N) is 1. The molecule has 4 rings (SSSR count). The Morgan fingerprint density at radius 1 is 1.22 bits per heavy atom. The van der Waals surface area contributed by atoms with Crippen molar-refractivity contribution in [3.05, 3.63) is 36.3 Å². The van der Waals surface area contributed by atoms with Gasteiger partial charge < -0.3 is 10.6 Å². The van der Waals surface area contributed by atoms with E-state index in [1.54, 1.807) is 17.1 Å². The number of pyridine rings is 1. The molecule has 3 aromatic heterocycles. The summed E-state index contributed by atoms with van der Waals surface area (Å²) in [6.45, 7) is 1.87. The van der Waals surface area contributed by atoms with Gasteiger partial charge in [0.05, 0.1) is 5.39 Å². The Morgan fingerprint density at radius 2 is 2.04 bits per heavy atom. The number of rotatable bonds is 2. The predicted octanol–water partition coefficient (Wildman–Crippen LogP) is 1.72. The Hall–Kier alpha value is -2.70. The molecule has 1 unspecified atom stereocenters. The first kappa shape index (κ1) is 13.9. The molecule has 0 saturated carbocycles. The van der Waals surface area contributed by atoms with Crippen LogP contribution in [0.25, 0.3) is 11.0 Å². The molecule has 1 saturated heterocycles. The van der Waals surface area contributed by atoms with Crippen molar-refractivity contribution in [2.45, 2.75) is 18.8 Å². The van der Waals surface area contributed by atoms with Crippen LogP contribution >= 0.6 is 0 Å². The summed E-state index contributed by atoms with van der Waals surface area (Å²) in [6.07, 6.45) is 5.80. The molecule has 7 nitrogen and oxygen atoms in total. The van der Waals surface area contributed by atoms with Crippen LogP contribution in [0.1, 0.15) is 24.5 Å². The monoisotopic (exact) mass is 309 g/mol. The molecule has 1 atom stereocenters. The second kappa shape index (κ2) is 5.49. The second-order valence-corrected chi connectivity index (χ2v) is 5.95. The molecule has 0 spiro atoms. The van der Waals surface area contributed by atoms with Gasteiger partial charge in [-0.05, 0) is 31.0 Å². The predicted molar refractivity (Wildman–Crippen MR) is 89.1 cm³/mol. The molecule has 0 radical (unpaired) electrons. The number of piperidine rings is 1. The Kier molecular flexibility index (Phi) is 3.33. The summed E-state index contributed by atoms with van der Waals surface area (Å²) in [4.78, 5) is 15.8. The zero-order valence-corrected chi connectivity index (χ0v) is 13.1. The molecule has 0 amide bonds. The van der Waals surface area contributed by atoms with E-state index in [4.69, 9.17) is 10.7 Å². The average Bonchev–Trinajstić information content (AvgIpc) is 2.90. The van der Waals surface area contributed by atoms with Gasteiger partial charge in [-0.15, -0.1) is 0 Å². The van der Waals surface area contributed by atoms with Gasteiger partial charge in [-0.1, -0.05) is 0 Å². The van der Waals surface area contributed by atoms with E-state index >= 15 is 0 Å². The second-order valence-electron chi connectivity index (χ2n) is 5.95.